The second-order valence-corrected chi connectivity index (χ2v) is 7.90. The monoisotopic (exact) mass is 362 g/mol. The first-order valence-electron chi connectivity index (χ1n) is 9.05. The molecule has 0 radical (unpaired) electrons. The Morgan fingerprint density at radius 2 is 1.65 bits per heavy atom. The van der Waals surface area contributed by atoms with E-state index < -0.39 is 0 Å². The van der Waals surface area contributed by atoms with Crippen molar-refractivity contribution in [3.05, 3.63) is 23.8 Å². The maximum absolute atomic E-state index is 12.7. The molecule has 0 spiro atoms. The number of nitrogens with zero attached hydrogens (tertiary/aromatic N) is 1. The molecule has 1 aliphatic heterocycles. The fourth-order valence-electron chi connectivity index (χ4n) is 3.17. The first kappa shape index (κ1) is 20.1. The molecule has 0 aliphatic carbocycles. The van der Waals surface area contributed by atoms with Crippen molar-refractivity contribution in [1.82, 2.24) is 10.2 Å². The Kier molecular flexibility index (Phi) is 6.51. The van der Waals surface area contributed by atoms with E-state index in [1.165, 1.54) is 14.2 Å². The number of ether oxygens (including phenoxy) is 2. The summed E-state index contributed by atoms with van der Waals surface area (Å²) in [6.45, 7) is 7.54. The predicted molar refractivity (Wildman–Crippen MR) is 101 cm³/mol. The van der Waals surface area contributed by atoms with Crippen molar-refractivity contribution < 1.29 is 19.1 Å². The van der Waals surface area contributed by atoms with E-state index in [-0.39, 0.29) is 23.3 Å². The van der Waals surface area contributed by atoms with Crippen molar-refractivity contribution in [3.63, 3.8) is 0 Å². The topological polar surface area (TPSA) is 67.9 Å². The van der Waals surface area contributed by atoms with E-state index in [1.807, 2.05) is 4.90 Å². The number of amides is 2. The molecule has 0 unspecified atom stereocenters. The van der Waals surface area contributed by atoms with E-state index in [1.54, 1.807) is 18.2 Å². The zero-order valence-corrected chi connectivity index (χ0v) is 16.4. The first-order chi connectivity index (χ1) is 12.2. The zero-order chi connectivity index (χ0) is 19.3. The predicted octanol–water partition coefficient (Wildman–Crippen LogP) is 2.86. The van der Waals surface area contributed by atoms with Gasteiger partial charge in [0.25, 0.3) is 5.91 Å². The molecular formula is C20H30N2O4. The van der Waals surface area contributed by atoms with E-state index in [0.29, 0.717) is 36.6 Å². The number of benzene rings is 1. The lowest BCUT2D eigenvalue weighted by atomic mass is 9.91. The second kappa shape index (κ2) is 8.43. The molecule has 6 nitrogen and oxygen atoms in total. The molecular weight excluding hydrogens is 332 g/mol. The molecule has 1 aliphatic rings. The minimum absolute atomic E-state index is 0.0113. The van der Waals surface area contributed by atoms with Gasteiger partial charge in [-0.15, -0.1) is 0 Å². The molecule has 0 saturated carbocycles. The summed E-state index contributed by atoms with van der Waals surface area (Å²) in [4.78, 5) is 27.0. The highest BCUT2D eigenvalue weighted by Crippen LogP contribution is 2.28. The third-order valence-corrected chi connectivity index (χ3v) is 4.52. The van der Waals surface area contributed by atoms with Gasteiger partial charge in [0, 0.05) is 25.6 Å². The van der Waals surface area contributed by atoms with Crippen LogP contribution in [-0.4, -0.2) is 50.1 Å². The Morgan fingerprint density at radius 3 is 2.12 bits per heavy atom. The summed E-state index contributed by atoms with van der Waals surface area (Å²) in [5.41, 5.74) is 0.395. The number of hydrogen-bond acceptors (Lipinski definition) is 4. The molecule has 1 aromatic rings. The Morgan fingerprint density at radius 1 is 1.12 bits per heavy atom. The summed E-state index contributed by atoms with van der Waals surface area (Å²) >= 11 is 0. The number of piperidine rings is 1. The highest BCUT2D eigenvalue weighted by atomic mass is 16.5. The summed E-state index contributed by atoms with van der Waals surface area (Å²) < 4.78 is 10.6. The lowest BCUT2D eigenvalue weighted by Crippen LogP contribution is -2.47. The van der Waals surface area contributed by atoms with Gasteiger partial charge in [0.15, 0.2) is 0 Å². The molecule has 2 rings (SSSR count). The van der Waals surface area contributed by atoms with Crippen molar-refractivity contribution in [2.24, 2.45) is 5.41 Å². The van der Waals surface area contributed by atoms with Gasteiger partial charge in [-0.25, -0.2) is 0 Å². The number of hydrogen-bond donors (Lipinski definition) is 1. The zero-order valence-electron chi connectivity index (χ0n) is 16.4. The van der Waals surface area contributed by atoms with Gasteiger partial charge in [0.2, 0.25) is 5.91 Å². The summed E-state index contributed by atoms with van der Waals surface area (Å²) in [5.74, 6) is 0.951. The Labute approximate surface area is 155 Å². The van der Waals surface area contributed by atoms with E-state index in [0.717, 1.165) is 12.8 Å². The number of carbonyl (C=O) groups is 2. The fourth-order valence-corrected chi connectivity index (χ4v) is 3.17. The average Bonchev–Trinajstić information content (AvgIpc) is 2.59. The molecule has 1 heterocycles. The summed E-state index contributed by atoms with van der Waals surface area (Å²) in [6, 6.07) is 5.31. The van der Waals surface area contributed by atoms with E-state index in [2.05, 4.69) is 26.1 Å². The van der Waals surface area contributed by atoms with Crippen LogP contribution in [0.15, 0.2) is 18.2 Å². The lowest BCUT2D eigenvalue weighted by Gasteiger charge is -2.34. The largest absolute Gasteiger partial charge is 0.496 e. The average molecular weight is 362 g/mol. The van der Waals surface area contributed by atoms with Crippen molar-refractivity contribution >= 4 is 11.8 Å². The maximum atomic E-state index is 12.7. The Hall–Kier alpha value is -2.24. The quantitative estimate of drug-likeness (QED) is 0.875. The van der Waals surface area contributed by atoms with Gasteiger partial charge >= 0.3 is 0 Å². The Balaban J connectivity index is 1.96. The minimum Gasteiger partial charge on any atom is -0.496 e. The number of carbonyl (C=O) groups excluding carboxylic acids is 2. The highest BCUT2D eigenvalue weighted by molar-refractivity contribution is 5.99. The molecule has 0 atom stereocenters. The van der Waals surface area contributed by atoms with Gasteiger partial charge < -0.3 is 19.7 Å². The van der Waals surface area contributed by atoms with Crippen LogP contribution in [0.25, 0.3) is 0 Å². The van der Waals surface area contributed by atoms with Crippen LogP contribution in [0, 0.1) is 5.41 Å². The van der Waals surface area contributed by atoms with E-state index in [4.69, 9.17) is 9.47 Å². The van der Waals surface area contributed by atoms with Crippen molar-refractivity contribution in [1.29, 1.82) is 0 Å². The summed E-state index contributed by atoms with van der Waals surface area (Å²) in [6.07, 6.45) is 2.04. The van der Waals surface area contributed by atoms with Crippen LogP contribution in [0.3, 0.4) is 0 Å². The lowest BCUT2D eigenvalue weighted by molar-refractivity contribution is -0.134. The van der Waals surface area contributed by atoms with Gasteiger partial charge in [-0.3, -0.25) is 9.59 Å². The second-order valence-electron chi connectivity index (χ2n) is 7.90. The molecule has 2 amide bonds. The molecule has 1 saturated heterocycles. The number of likely N-dealkylation sites (tertiary alicyclic amines) is 1. The van der Waals surface area contributed by atoms with Crippen LogP contribution in [0.2, 0.25) is 0 Å². The van der Waals surface area contributed by atoms with Crippen LogP contribution >= 0.6 is 0 Å². The van der Waals surface area contributed by atoms with Gasteiger partial charge in [0.05, 0.1) is 14.2 Å². The van der Waals surface area contributed by atoms with Gasteiger partial charge in [0.1, 0.15) is 17.1 Å². The number of rotatable bonds is 5. The van der Waals surface area contributed by atoms with Crippen LogP contribution < -0.4 is 14.8 Å². The maximum Gasteiger partial charge on any atom is 0.259 e. The molecule has 6 heteroatoms. The highest BCUT2D eigenvalue weighted by Gasteiger charge is 2.28. The van der Waals surface area contributed by atoms with Gasteiger partial charge in [-0.1, -0.05) is 26.8 Å². The van der Waals surface area contributed by atoms with Gasteiger partial charge in [-0.05, 0) is 30.4 Å². The Bertz CT molecular complexity index is 621. The van der Waals surface area contributed by atoms with Crippen LogP contribution in [0.1, 0.15) is 50.4 Å². The minimum atomic E-state index is -0.209. The van der Waals surface area contributed by atoms with Crippen molar-refractivity contribution in [2.75, 3.05) is 27.3 Å². The molecule has 1 fully saturated rings. The smallest absolute Gasteiger partial charge is 0.259 e. The number of methoxy groups -OCH3 is 2. The summed E-state index contributed by atoms with van der Waals surface area (Å²) in [7, 11) is 3.07. The van der Waals surface area contributed by atoms with Crippen LogP contribution in [-0.2, 0) is 4.79 Å². The fraction of sp³-hybridized carbons (Fsp3) is 0.600. The number of nitrogens with one attached hydrogen (secondary N) is 1. The molecule has 26 heavy (non-hydrogen) atoms. The third kappa shape index (κ3) is 5.13. The van der Waals surface area contributed by atoms with Gasteiger partial charge in [-0.2, -0.15) is 0 Å². The SMILES string of the molecule is COc1cccc(OC)c1C(=O)NC1CCN(C(=O)CC(C)(C)C)CC1. The normalized spacial score (nSPS) is 15.5. The third-order valence-electron chi connectivity index (χ3n) is 4.52. The summed E-state index contributed by atoms with van der Waals surface area (Å²) in [5, 5.41) is 3.06. The van der Waals surface area contributed by atoms with E-state index in [9.17, 15) is 9.59 Å². The van der Waals surface area contributed by atoms with Crippen molar-refractivity contribution in [2.45, 2.75) is 46.1 Å². The van der Waals surface area contributed by atoms with E-state index >= 15 is 0 Å². The molecule has 1 aromatic carbocycles. The molecule has 0 bridgehead atoms. The van der Waals surface area contributed by atoms with Crippen LogP contribution in [0.5, 0.6) is 11.5 Å². The molecule has 0 aromatic heterocycles. The molecule has 1 N–H and O–H groups in total. The standard InChI is InChI=1S/C20H30N2O4/c1-20(2,3)13-17(23)22-11-9-14(10-12-22)21-19(24)18-15(25-4)7-6-8-16(18)26-5/h6-8,14H,9-13H2,1-5H3,(H,21,24). The van der Waals surface area contributed by atoms with Crippen molar-refractivity contribution in [3.8, 4) is 11.5 Å². The molecule has 144 valence electrons. The first-order valence-corrected chi connectivity index (χ1v) is 9.05. The van der Waals surface area contributed by atoms with Crippen LogP contribution in [0.4, 0.5) is 0 Å².